The minimum atomic E-state index is -0.624. The maximum atomic E-state index is 10.8. The van der Waals surface area contributed by atoms with Gasteiger partial charge in [0.25, 0.3) is 0 Å². The molecule has 0 spiro atoms. The van der Waals surface area contributed by atoms with Crippen molar-refractivity contribution in [1.82, 2.24) is 5.43 Å². The van der Waals surface area contributed by atoms with Crippen LogP contribution < -0.4 is 14.9 Å². The molecule has 0 heterocycles. The summed E-state index contributed by atoms with van der Waals surface area (Å²) in [7, 11) is 4.40. The lowest BCUT2D eigenvalue weighted by Gasteiger charge is -2.10. The van der Waals surface area contributed by atoms with E-state index in [1.165, 1.54) is 13.3 Å². The van der Waals surface area contributed by atoms with Crippen molar-refractivity contribution in [3.63, 3.8) is 0 Å². The summed E-state index contributed by atoms with van der Waals surface area (Å²) in [5.41, 5.74) is 2.97. The quantitative estimate of drug-likeness (QED) is 0.504. The second-order valence-electron chi connectivity index (χ2n) is 3.10. The Morgan fingerprint density at radius 2 is 2.06 bits per heavy atom. The first-order valence-electron chi connectivity index (χ1n) is 4.91. The van der Waals surface area contributed by atoms with Crippen LogP contribution in [0.4, 0.5) is 4.79 Å². The minimum Gasteiger partial charge on any atom is -0.493 e. The summed E-state index contributed by atoms with van der Waals surface area (Å²) in [6.07, 6.45) is 0.863. The van der Waals surface area contributed by atoms with Crippen molar-refractivity contribution in [2.75, 3.05) is 21.3 Å². The van der Waals surface area contributed by atoms with E-state index < -0.39 is 6.09 Å². The van der Waals surface area contributed by atoms with E-state index in [-0.39, 0.29) is 0 Å². The van der Waals surface area contributed by atoms with Gasteiger partial charge in [0.2, 0.25) is 0 Å². The number of benzene rings is 1. The zero-order chi connectivity index (χ0) is 13.5. The lowest BCUT2D eigenvalue weighted by Crippen LogP contribution is -2.16. The molecule has 0 fully saturated rings. The number of halogens is 1. The number of amides is 1. The number of carbonyl (C=O) groups is 1. The Kier molecular flexibility index (Phi) is 5.69. The van der Waals surface area contributed by atoms with Gasteiger partial charge in [0.15, 0.2) is 11.5 Å². The molecule has 0 aromatic heterocycles. The van der Waals surface area contributed by atoms with Gasteiger partial charge in [-0.25, -0.2) is 10.2 Å². The van der Waals surface area contributed by atoms with Crippen LogP contribution in [0.2, 0.25) is 0 Å². The van der Waals surface area contributed by atoms with Crippen molar-refractivity contribution in [1.29, 1.82) is 0 Å². The summed E-state index contributed by atoms with van der Waals surface area (Å²) in [4.78, 5) is 10.8. The molecule has 0 aliphatic carbocycles. The van der Waals surface area contributed by atoms with E-state index in [2.05, 4.69) is 37.9 Å². The highest BCUT2D eigenvalue weighted by atomic mass is 127. The normalized spacial score (nSPS) is 10.2. The molecule has 0 bridgehead atoms. The molecule has 0 atom stereocenters. The van der Waals surface area contributed by atoms with Crippen LogP contribution in [0.1, 0.15) is 5.56 Å². The third kappa shape index (κ3) is 3.76. The number of ether oxygens (including phenoxy) is 3. The zero-order valence-corrected chi connectivity index (χ0v) is 12.3. The van der Waals surface area contributed by atoms with Gasteiger partial charge in [-0.05, 0) is 40.3 Å². The van der Waals surface area contributed by atoms with E-state index in [1.807, 2.05) is 6.07 Å². The molecule has 6 nitrogen and oxygen atoms in total. The molecule has 18 heavy (non-hydrogen) atoms. The first-order valence-corrected chi connectivity index (χ1v) is 5.98. The molecule has 1 N–H and O–H groups in total. The van der Waals surface area contributed by atoms with E-state index in [1.54, 1.807) is 20.3 Å². The number of hydrogen-bond acceptors (Lipinski definition) is 5. The number of methoxy groups -OCH3 is 3. The van der Waals surface area contributed by atoms with E-state index in [9.17, 15) is 4.79 Å². The molecule has 1 rings (SSSR count). The Bertz CT molecular complexity index is 463. The van der Waals surface area contributed by atoms with Gasteiger partial charge in [-0.2, -0.15) is 5.10 Å². The van der Waals surface area contributed by atoms with Crippen molar-refractivity contribution in [2.45, 2.75) is 0 Å². The van der Waals surface area contributed by atoms with Crippen molar-refractivity contribution in [3.8, 4) is 11.5 Å². The lowest BCUT2D eigenvalue weighted by atomic mass is 10.2. The molecule has 98 valence electrons. The van der Waals surface area contributed by atoms with Crippen molar-refractivity contribution in [2.24, 2.45) is 5.10 Å². The Morgan fingerprint density at radius 3 is 2.61 bits per heavy atom. The van der Waals surface area contributed by atoms with Gasteiger partial charge in [-0.1, -0.05) is 0 Å². The van der Waals surface area contributed by atoms with E-state index in [4.69, 9.17) is 9.47 Å². The van der Waals surface area contributed by atoms with Crippen LogP contribution in [0, 0.1) is 3.57 Å². The topological polar surface area (TPSA) is 69.2 Å². The summed E-state index contributed by atoms with van der Waals surface area (Å²) in [6, 6.07) is 3.60. The smallest absolute Gasteiger partial charge is 0.427 e. The van der Waals surface area contributed by atoms with Gasteiger partial charge in [-0.15, -0.1) is 0 Å². The monoisotopic (exact) mass is 364 g/mol. The Hall–Kier alpha value is -1.51. The van der Waals surface area contributed by atoms with Gasteiger partial charge in [0.05, 0.1) is 31.1 Å². The van der Waals surface area contributed by atoms with Gasteiger partial charge in [-0.3, -0.25) is 0 Å². The van der Waals surface area contributed by atoms with Gasteiger partial charge < -0.3 is 14.2 Å². The van der Waals surface area contributed by atoms with Gasteiger partial charge in [0, 0.05) is 0 Å². The molecular formula is C11H13IN2O4. The first-order chi connectivity index (χ1) is 8.62. The number of hydrazone groups is 1. The predicted molar refractivity (Wildman–Crippen MR) is 75.4 cm³/mol. The summed E-state index contributed by atoms with van der Waals surface area (Å²) < 4.78 is 15.7. The van der Waals surface area contributed by atoms with Gasteiger partial charge >= 0.3 is 6.09 Å². The molecule has 7 heteroatoms. The molecular weight excluding hydrogens is 351 g/mol. The van der Waals surface area contributed by atoms with E-state index in [0.29, 0.717) is 11.5 Å². The molecule has 1 amide bonds. The highest BCUT2D eigenvalue weighted by molar-refractivity contribution is 14.1. The second kappa shape index (κ2) is 7.04. The van der Waals surface area contributed by atoms with E-state index in [0.717, 1.165) is 9.13 Å². The van der Waals surface area contributed by atoms with Crippen LogP contribution in [0.25, 0.3) is 0 Å². The highest BCUT2D eigenvalue weighted by Crippen LogP contribution is 2.32. The molecule has 0 radical (unpaired) electrons. The minimum absolute atomic E-state index is 0.601. The number of carbonyl (C=O) groups excluding carboxylic acids is 1. The van der Waals surface area contributed by atoms with Crippen molar-refractivity contribution >= 4 is 34.9 Å². The fourth-order valence-electron chi connectivity index (χ4n) is 1.22. The Morgan fingerprint density at radius 1 is 1.33 bits per heavy atom. The molecule has 0 unspecified atom stereocenters. The van der Waals surface area contributed by atoms with Crippen molar-refractivity contribution in [3.05, 3.63) is 21.3 Å². The van der Waals surface area contributed by atoms with Crippen LogP contribution in [0.5, 0.6) is 11.5 Å². The van der Waals surface area contributed by atoms with Gasteiger partial charge in [0.1, 0.15) is 0 Å². The first kappa shape index (κ1) is 14.6. The average molecular weight is 364 g/mol. The van der Waals surface area contributed by atoms with Crippen LogP contribution in [-0.4, -0.2) is 33.6 Å². The Balaban J connectivity index is 2.91. The van der Waals surface area contributed by atoms with Crippen LogP contribution >= 0.6 is 22.6 Å². The van der Waals surface area contributed by atoms with Crippen LogP contribution in [0.15, 0.2) is 17.2 Å². The van der Waals surface area contributed by atoms with E-state index >= 15 is 0 Å². The summed E-state index contributed by atoms with van der Waals surface area (Å²) in [5, 5.41) is 3.74. The standard InChI is InChI=1S/C11H13IN2O4/c1-16-9-5-7(4-8(12)10(9)17-2)6-13-14-11(15)18-3/h4-6H,1-3H3,(H,14,15)/b13-6+. The fraction of sp³-hybridized carbons (Fsp3) is 0.273. The Labute approximate surface area is 118 Å². The summed E-state index contributed by atoms with van der Waals surface area (Å²) in [6.45, 7) is 0. The zero-order valence-electron chi connectivity index (χ0n) is 10.2. The van der Waals surface area contributed by atoms with Crippen molar-refractivity contribution < 1.29 is 19.0 Å². The molecule has 1 aromatic carbocycles. The maximum Gasteiger partial charge on any atom is 0.427 e. The number of nitrogens with one attached hydrogen (secondary N) is 1. The number of rotatable bonds is 4. The predicted octanol–water partition coefficient (Wildman–Crippen LogP) is 2.00. The third-order valence-corrected chi connectivity index (χ3v) is 2.81. The SMILES string of the molecule is COC(=O)N/N=C/c1cc(I)c(OC)c(OC)c1. The fourth-order valence-corrected chi connectivity index (χ4v) is 2.06. The maximum absolute atomic E-state index is 10.8. The molecule has 1 aromatic rings. The number of hydrogen-bond donors (Lipinski definition) is 1. The highest BCUT2D eigenvalue weighted by Gasteiger charge is 2.09. The third-order valence-electron chi connectivity index (χ3n) is 2.01. The molecule has 0 aliphatic heterocycles. The van der Waals surface area contributed by atoms with Crippen LogP contribution in [-0.2, 0) is 4.74 Å². The molecule has 0 saturated carbocycles. The largest absolute Gasteiger partial charge is 0.493 e. The average Bonchev–Trinajstić information content (AvgIpc) is 2.37. The summed E-state index contributed by atoms with van der Waals surface area (Å²) in [5.74, 6) is 1.26. The van der Waals surface area contributed by atoms with Crippen LogP contribution in [0.3, 0.4) is 0 Å². The molecule has 0 aliphatic rings. The summed E-state index contributed by atoms with van der Waals surface area (Å²) >= 11 is 2.13. The number of nitrogens with zero attached hydrogens (tertiary/aromatic N) is 1. The molecule has 0 saturated heterocycles. The second-order valence-corrected chi connectivity index (χ2v) is 4.26. The lowest BCUT2D eigenvalue weighted by molar-refractivity contribution is 0.171.